The van der Waals surface area contributed by atoms with Gasteiger partial charge in [-0.3, -0.25) is 9.89 Å². The number of H-pyrrole nitrogens is 1. The van der Waals surface area contributed by atoms with E-state index in [2.05, 4.69) is 32.8 Å². The Morgan fingerprint density at radius 2 is 1.97 bits per heavy atom. The number of fused-ring (bicyclic) bond motifs is 1. The highest BCUT2D eigenvalue weighted by atomic mass is 16.5. The van der Waals surface area contributed by atoms with E-state index in [1.54, 1.807) is 13.4 Å². The molecule has 0 bridgehead atoms. The molecule has 4 rings (SSSR count). The van der Waals surface area contributed by atoms with Crippen molar-refractivity contribution in [2.24, 2.45) is 4.99 Å². The van der Waals surface area contributed by atoms with E-state index < -0.39 is 0 Å². The second-order valence-electron chi connectivity index (χ2n) is 7.81. The molecule has 2 aromatic heterocycles. The maximum Gasteiger partial charge on any atom is 0.191 e. The van der Waals surface area contributed by atoms with Crippen molar-refractivity contribution in [2.45, 2.75) is 12.8 Å². The van der Waals surface area contributed by atoms with Gasteiger partial charge in [0.15, 0.2) is 5.96 Å². The van der Waals surface area contributed by atoms with Gasteiger partial charge in [-0.25, -0.2) is 0 Å². The summed E-state index contributed by atoms with van der Waals surface area (Å²) in [4.78, 5) is 10.5. The molecule has 0 unspecified atom stereocenters. The molecule has 3 heterocycles. The van der Waals surface area contributed by atoms with Gasteiger partial charge in [-0.1, -0.05) is 6.07 Å². The van der Waals surface area contributed by atoms with Crippen LogP contribution in [0.4, 0.5) is 0 Å². The van der Waals surface area contributed by atoms with Crippen LogP contribution in [0.15, 0.2) is 52.2 Å². The number of rotatable bonds is 10. The van der Waals surface area contributed by atoms with E-state index in [4.69, 9.17) is 18.9 Å². The van der Waals surface area contributed by atoms with Crippen LogP contribution in [-0.4, -0.2) is 75.4 Å². The number of aromatic nitrogens is 1. The molecular weight excluding hydrogens is 406 g/mol. The largest absolute Gasteiger partial charge is 0.496 e. The summed E-state index contributed by atoms with van der Waals surface area (Å²) in [6.07, 6.45) is 5.45. The first kappa shape index (κ1) is 22.2. The fourth-order valence-corrected chi connectivity index (χ4v) is 3.96. The first-order valence-corrected chi connectivity index (χ1v) is 11.3. The van der Waals surface area contributed by atoms with Gasteiger partial charge in [0.1, 0.15) is 11.5 Å². The lowest BCUT2D eigenvalue weighted by molar-refractivity contribution is 0.0394. The number of nitrogens with one attached hydrogen (secondary N) is 3. The van der Waals surface area contributed by atoms with Crippen LogP contribution in [0.5, 0.6) is 5.75 Å². The maximum atomic E-state index is 5.55. The second-order valence-corrected chi connectivity index (χ2v) is 7.81. The molecule has 3 N–H and O–H groups in total. The van der Waals surface area contributed by atoms with Crippen LogP contribution >= 0.6 is 0 Å². The van der Waals surface area contributed by atoms with Crippen LogP contribution < -0.4 is 15.4 Å². The van der Waals surface area contributed by atoms with Gasteiger partial charge in [-0.05, 0) is 36.2 Å². The zero-order valence-electron chi connectivity index (χ0n) is 18.7. The van der Waals surface area contributed by atoms with Crippen LogP contribution in [-0.2, 0) is 17.6 Å². The molecule has 8 nitrogen and oxygen atoms in total. The summed E-state index contributed by atoms with van der Waals surface area (Å²) in [5, 5.41) is 8.07. The Morgan fingerprint density at radius 1 is 1.12 bits per heavy atom. The van der Waals surface area contributed by atoms with Gasteiger partial charge < -0.3 is 29.5 Å². The summed E-state index contributed by atoms with van der Waals surface area (Å²) in [6, 6.07) is 9.99. The predicted octanol–water partition coefficient (Wildman–Crippen LogP) is 2.42. The number of morpholine rings is 1. The number of nitrogens with zero attached hydrogens (tertiary/aromatic N) is 2. The molecule has 1 aliphatic rings. The Kier molecular flexibility index (Phi) is 8.05. The summed E-state index contributed by atoms with van der Waals surface area (Å²) in [5.74, 6) is 2.70. The molecule has 0 spiro atoms. The molecule has 0 amide bonds. The fourth-order valence-electron chi connectivity index (χ4n) is 3.96. The normalized spacial score (nSPS) is 15.2. The zero-order chi connectivity index (χ0) is 22.0. The molecule has 1 aliphatic heterocycles. The zero-order valence-corrected chi connectivity index (χ0v) is 18.7. The molecule has 1 saturated heterocycles. The number of aliphatic imine (C=N–C) groups is 1. The average Bonchev–Trinajstić information content (AvgIpc) is 3.49. The average molecular weight is 440 g/mol. The summed E-state index contributed by atoms with van der Waals surface area (Å²) in [7, 11) is 1.71. The highest BCUT2D eigenvalue weighted by Gasteiger charge is 2.11. The first-order valence-electron chi connectivity index (χ1n) is 11.3. The Hall–Kier alpha value is -2.97. The van der Waals surface area contributed by atoms with E-state index in [9.17, 15) is 0 Å². The third-order valence-corrected chi connectivity index (χ3v) is 5.69. The number of benzene rings is 1. The van der Waals surface area contributed by atoms with Gasteiger partial charge in [0.25, 0.3) is 0 Å². The van der Waals surface area contributed by atoms with E-state index >= 15 is 0 Å². The Labute approximate surface area is 189 Å². The van der Waals surface area contributed by atoms with E-state index in [1.807, 2.05) is 24.3 Å². The predicted molar refractivity (Wildman–Crippen MR) is 127 cm³/mol. The Morgan fingerprint density at radius 3 is 2.75 bits per heavy atom. The van der Waals surface area contributed by atoms with E-state index in [0.29, 0.717) is 0 Å². The molecule has 0 atom stereocenters. The molecule has 1 aromatic carbocycles. The summed E-state index contributed by atoms with van der Waals surface area (Å²) < 4.78 is 16.4. The smallest absolute Gasteiger partial charge is 0.191 e. The topological polar surface area (TPSA) is 87.0 Å². The quantitative estimate of drug-likeness (QED) is 0.332. The number of aromatic amines is 1. The van der Waals surface area contributed by atoms with Crippen molar-refractivity contribution >= 4 is 16.9 Å². The minimum absolute atomic E-state index is 0.747. The molecule has 32 heavy (non-hydrogen) atoms. The van der Waals surface area contributed by atoms with Crippen molar-refractivity contribution < 1.29 is 13.9 Å². The monoisotopic (exact) mass is 439 g/mol. The molecule has 1 fully saturated rings. The highest BCUT2D eigenvalue weighted by molar-refractivity contribution is 5.89. The lowest BCUT2D eigenvalue weighted by Gasteiger charge is -2.25. The fraction of sp³-hybridized carbons (Fsp3) is 0.458. The van der Waals surface area contributed by atoms with Gasteiger partial charge in [-0.15, -0.1) is 0 Å². The van der Waals surface area contributed by atoms with Crippen molar-refractivity contribution in [2.75, 3.05) is 59.6 Å². The van der Waals surface area contributed by atoms with Crippen molar-refractivity contribution in [1.82, 2.24) is 20.5 Å². The van der Waals surface area contributed by atoms with Crippen LogP contribution in [0, 0.1) is 0 Å². The van der Waals surface area contributed by atoms with E-state index in [-0.39, 0.29) is 0 Å². The van der Waals surface area contributed by atoms with E-state index in [0.717, 1.165) is 93.7 Å². The SMILES string of the molecule is COc1cccc2[nH]cc(CCNC(=NCCN3CCOCC3)NCCc3ccco3)c12. The van der Waals surface area contributed by atoms with E-state index in [1.165, 1.54) is 5.56 Å². The molecule has 3 aromatic rings. The number of methoxy groups -OCH3 is 1. The minimum atomic E-state index is 0.747. The standard InChI is InChI=1S/C24H33N5O3/c1-30-22-6-2-5-21-23(22)19(18-28-21)7-9-25-24(26-10-8-20-4-3-15-32-20)27-11-12-29-13-16-31-17-14-29/h2-6,15,18,28H,7-14,16-17H2,1H3,(H2,25,26,27). The Balaban J connectivity index is 1.32. The molecule has 172 valence electrons. The lowest BCUT2D eigenvalue weighted by atomic mass is 10.1. The van der Waals surface area contributed by atoms with Crippen molar-refractivity contribution in [3.63, 3.8) is 0 Å². The molecule has 0 aliphatic carbocycles. The number of hydrogen-bond donors (Lipinski definition) is 3. The third-order valence-electron chi connectivity index (χ3n) is 5.69. The number of ether oxygens (including phenoxy) is 2. The number of guanidine groups is 1. The van der Waals surface area contributed by atoms with Crippen molar-refractivity contribution in [3.05, 3.63) is 54.1 Å². The maximum absolute atomic E-state index is 5.55. The third kappa shape index (κ3) is 6.05. The van der Waals surface area contributed by atoms with Crippen molar-refractivity contribution in [3.8, 4) is 5.75 Å². The minimum Gasteiger partial charge on any atom is -0.496 e. The van der Waals surface area contributed by atoms with Crippen LogP contribution in [0.2, 0.25) is 0 Å². The summed E-state index contributed by atoms with van der Waals surface area (Å²) in [6.45, 7) is 6.80. The van der Waals surface area contributed by atoms with Crippen LogP contribution in [0.25, 0.3) is 10.9 Å². The number of hydrogen-bond acceptors (Lipinski definition) is 5. The second kappa shape index (κ2) is 11.6. The van der Waals surface area contributed by atoms with Crippen LogP contribution in [0.1, 0.15) is 11.3 Å². The van der Waals surface area contributed by atoms with Gasteiger partial charge in [0.2, 0.25) is 0 Å². The van der Waals surface area contributed by atoms with Gasteiger partial charge >= 0.3 is 0 Å². The van der Waals surface area contributed by atoms with Gasteiger partial charge in [0.05, 0.1) is 33.1 Å². The molecule has 0 saturated carbocycles. The van der Waals surface area contributed by atoms with Crippen LogP contribution in [0.3, 0.4) is 0 Å². The van der Waals surface area contributed by atoms with Gasteiger partial charge in [-0.2, -0.15) is 0 Å². The molecular formula is C24H33N5O3. The highest BCUT2D eigenvalue weighted by Crippen LogP contribution is 2.28. The van der Waals surface area contributed by atoms with Gasteiger partial charge in [0, 0.05) is 56.2 Å². The summed E-state index contributed by atoms with van der Waals surface area (Å²) >= 11 is 0. The molecule has 8 heteroatoms. The van der Waals surface area contributed by atoms with Crippen molar-refractivity contribution in [1.29, 1.82) is 0 Å². The Bertz CT molecular complexity index is 977. The lowest BCUT2D eigenvalue weighted by Crippen LogP contribution is -2.41. The first-order chi connectivity index (χ1) is 15.8. The number of furan rings is 1. The summed E-state index contributed by atoms with van der Waals surface area (Å²) in [5.41, 5.74) is 2.32. The molecule has 0 radical (unpaired) electrons.